The van der Waals surface area contributed by atoms with Gasteiger partial charge < -0.3 is 10.1 Å². The van der Waals surface area contributed by atoms with Crippen molar-refractivity contribution in [1.82, 2.24) is 0 Å². The second-order valence-electron chi connectivity index (χ2n) is 5.37. The van der Waals surface area contributed by atoms with E-state index in [9.17, 15) is 4.79 Å². The van der Waals surface area contributed by atoms with Gasteiger partial charge in [-0.2, -0.15) is 0 Å². The highest BCUT2D eigenvalue weighted by Gasteiger charge is 2.21. The Labute approximate surface area is 146 Å². The van der Waals surface area contributed by atoms with E-state index in [1.165, 1.54) is 0 Å². The molecule has 1 amide bonds. The molecule has 0 heterocycles. The number of carbonyl (C=O) groups is 1. The van der Waals surface area contributed by atoms with Crippen LogP contribution in [0.5, 0.6) is 5.75 Å². The first-order chi connectivity index (χ1) is 10.9. The molecule has 0 radical (unpaired) electrons. The maximum absolute atomic E-state index is 12.5. The Balaban J connectivity index is 2.17. The Morgan fingerprint density at radius 3 is 2.43 bits per heavy atom. The molecule has 2 rings (SSSR count). The highest BCUT2D eigenvalue weighted by molar-refractivity contribution is 6.39. The van der Waals surface area contributed by atoms with Crippen LogP contribution in [0.15, 0.2) is 36.4 Å². The summed E-state index contributed by atoms with van der Waals surface area (Å²) in [6.45, 7) is 5.82. The van der Waals surface area contributed by atoms with Crippen LogP contribution >= 0.6 is 23.2 Å². The van der Waals surface area contributed by atoms with Crippen molar-refractivity contribution >= 4 is 34.8 Å². The van der Waals surface area contributed by atoms with E-state index in [-0.39, 0.29) is 5.91 Å². The Morgan fingerprint density at radius 1 is 1.17 bits per heavy atom. The molecule has 1 atom stereocenters. The molecule has 0 aromatic heterocycles. The number of anilines is 1. The summed E-state index contributed by atoms with van der Waals surface area (Å²) < 4.78 is 5.89. The summed E-state index contributed by atoms with van der Waals surface area (Å²) in [6, 6.07) is 11.0. The van der Waals surface area contributed by atoms with E-state index in [0.717, 1.165) is 11.1 Å². The van der Waals surface area contributed by atoms with Crippen LogP contribution in [0.25, 0.3) is 0 Å². The van der Waals surface area contributed by atoms with Crippen LogP contribution in [0.1, 0.15) is 24.5 Å². The zero-order valence-electron chi connectivity index (χ0n) is 13.3. The zero-order valence-corrected chi connectivity index (χ0v) is 14.8. The minimum atomic E-state index is -0.622. The highest BCUT2D eigenvalue weighted by atomic mass is 35.5. The molecular weight excluding hydrogens is 333 g/mol. The molecule has 2 aromatic carbocycles. The molecule has 0 bridgehead atoms. The molecule has 0 aliphatic heterocycles. The Bertz CT molecular complexity index is 696. The molecule has 0 aliphatic rings. The number of amides is 1. The molecule has 1 N–H and O–H groups in total. The van der Waals surface area contributed by atoms with E-state index >= 15 is 0 Å². The first-order valence-corrected chi connectivity index (χ1v) is 8.16. The third-order valence-electron chi connectivity index (χ3n) is 3.49. The fourth-order valence-electron chi connectivity index (χ4n) is 2.13. The molecule has 0 fully saturated rings. The summed E-state index contributed by atoms with van der Waals surface area (Å²) in [7, 11) is 0. The lowest BCUT2D eigenvalue weighted by molar-refractivity contribution is -0.122. The van der Waals surface area contributed by atoms with E-state index in [1.54, 1.807) is 18.2 Å². The number of ether oxygens (including phenoxy) is 1. The van der Waals surface area contributed by atoms with Crippen molar-refractivity contribution in [3.63, 3.8) is 0 Å². The van der Waals surface area contributed by atoms with Crippen molar-refractivity contribution in [2.45, 2.75) is 33.3 Å². The van der Waals surface area contributed by atoms with Gasteiger partial charge in [-0.25, -0.2) is 0 Å². The van der Waals surface area contributed by atoms with Crippen LogP contribution in [0.2, 0.25) is 10.0 Å². The fraction of sp³-hybridized carbons (Fsp3) is 0.278. The van der Waals surface area contributed by atoms with Gasteiger partial charge >= 0.3 is 0 Å². The predicted molar refractivity (Wildman–Crippen MR) is 95.7 cm³/mol. The number of aryl methyl sites for hydroxylation is 2. The third-order valence-corrected chi connectivity index (χ3v) is 4.12. The Hall–Kier alpha value is -1.71. The van der Waals surface area contributed by atoms with Gasteiger partial charge in [0.05, 0.1) is 15.7 Å². The fourth-order valence-corrected chi connectivity index (χ4v) is 2.62. The number of halogens is 2. The quantitative estimate of drug-likeness (QED) is 0.782. The minimum Gasteiger partial charge on any atom is -0.480 e. The van der Waals surface area contributed by atoms with E-state index in [2.05, 4.69) is 5.32 Å². The van der Waals surface area contributed by atoms with Crippen LogP contribution in [-0.4, -0.2) is 12.0 Å². The van der Waals surface area contributed by atoms with E-state index in [0.29, 0.717) is 27.9 Å². The molecule has 0 aliphatic carbocycles. The zero-order chi connectivity index (χ0) is 17.0. The topological polar surface area (TPSA) is 38.3 Å². The number of rotatable bonds is 5. The van der Waals surface area contributed by atoms with Gasteiger partial charge in [-0.1, -0.05) is 48.3 Å². The summed E-state index contributed by atoms with van der Waals surface area (Å²) in [4.78, 5) is 12.5. The number of nitrogens with one attached hydrogen (secondary N) is 1. The van der Waals surface area contributed by atoms with Gasteiger partial charge in [0.1, 0.15) is 5.75 Å². The normalized spacial score (nSPS) is 11.9. The number of para-hydroxylation sites is 1. The molecule has 5 heteroatoms. The summed E-state index contributed by atoms with van der Waals surface area (Å²) in [5, 5.41) is 3.55. The van der Waals surface area contributed by atoms with Gasteiger partial charge in [-0.05, 0) is 49.6 Å². The standard InChI is InChI=1S/C18H19Cl2NO2/c1-4-15(23-16-10-11(2)8-9-12(16)3)18(22)21-17-13(19)6-5-7-14(17)20/h5-10,15H,4H2,1-3H3,(H,21,22)/t15-/m1/s1. The second kappa shape index (κ2) is 7.71. The molecular formula is C18H19Cl2NO2. The smallest absolute Gasteiger partial charge is 0.265 e. The van der Waals surface area contributed by atoms with Crippen LogP contribution in [0.4, 0.5) is 5.69 Å². The van der Waals surface area contributed by atoms with Gasteiger partial charge in [0.15, 0.2) is 6.10 Å². The van der Waals surface area contributed by atoms with Crippen LogP contribution in [0.3, 0.4) is 0 Å². The largest absolute Gasteiger partial charge is 0.480 e. The van der Waals surface area contributed by atoms with Crippen molar-refractivity contribution in [1.29, 1.82) is 0 Å². The van der Waals surface area contributed by atoms with Crippen LogP contribution < -0.4 is 10.1 Å². The Kier molecular flexibility index (Phi) is 5.91. The SMILES string of the molecule is CC[C@@H](Oc1cc(C)ccc1C)C(=O)Nc1c(Cl)cccc1Cl. The molecule has 0 spiro atoms. The predicted octanol–water partition coefficient (Wildman–Crippen LogP) is 5.41. The van der Waals surface area contributed by atoms with E-state index in [4.69, 9.17) is 27.9 Å². The summed E-state index contributed by atoms with van der Waals surface area (Å²) >= 11 is 12.2. The van der Waals surface area contributed by atoms with Crippen molar-refractivity contribution in [2.24, 2.45) is 0 Å². The second-order valence-corrected chi connectivity index (χ2v) is 6.18. The van der Waals surface area contributed by atoms with Crippen molar-refractivity contribution < 1.29 is 9.53 Å². The monoisotopic (exact) mass is 351 g/mol. The summed E-state index contributed by atoms with van der Waals surface area (Å²) in [5.74, 6) is 0.431. The molecule has 3 nitrogen and oxygen atoms in total. The van der Waals surface area contributed by atoms with Crippen LogP contribution in [0, 0.1) is 13.8 Å². The van der Waals surface area contributed by atoms with E-state index in [1.807, 2.05) is 39.0 Å². The first-order valence-electron chi connectivity index (χ1n) is 7.41. The molecule has 0 saturated carbocycles. The van der Waals surface area contributed by atoms with Crippen molar-refractivity contribution in [3.8, 4) is 5.75 Å². The van der Waals surface area contributed by atoms with Crippen LogP contribution in [-0.2, 0) is 4.79 Å². The minimum absolute atomic E-state index is 0.275. The highest BCUT2D eigenvalue weighted by Crippen LogP contribution is 2.30. The van der Waals surface area contributed by atoms with Crippen molar-refractivity contribution in [3.05, 3.63) is 57.6 Å². The lowest BCUT2D eigenvalue weighted by Crippen LogP contribution is -2.32. The third kappa shape index (κ3) is 4.40. The lowest BCUT2D eigenvalue weighted by Gasteiger charge is -2.19. The van der Waals surface area contributed by atoms with Gasteiger partial charge in [0.2, 0.25) is 0 Å². The number of hydrogen-bond acceptors (Lipinski definition) is 2. The molecule has 2 aromatic rings. The van der Waals surface area contributed by atoms with Gasteiger partial charge in [-0.15, -0.1) is 0 Å². The van der Waals surface area contributed by atoms with Gasteiger partial charge in [-0.3, -0.25) is 4.79 Å². The maximum Gasteiger partial charge on any atom is 0.265 e. The summed E-state index contributed by atoms with van der Waals surface area (Å²) in [5.41, 5.74) is 2.47. The summed E-state index contributed by atoms with van der Waals surface area (Å²) in [6.07, 6.45) is -0.0933. The number of hydrogen-bond donors (Lipinski definition) is 1. The molecule has 23 heavy (non-hydrogen) atoms. The number of benzene rings is 2. The first kappa shape index (κ1) is 17.6. The van der Waals surface area contributed by atoms with Gasteiger partial charge in [0.25, 0.3) is 5.91 Å². The molecule has 0 unspecified atom stereocenters. The average molecular weight is 352 g/mol. The van der Waals surface area contributed by atoms with Crippen molar-refractivity contribution in [2.75, 3.05) is 5.32 Å². The molecule has 0 saturated heterocycles. The number of carbonyl (C=O) groups excluding carboxylic acids is 1. The Morgan fingerprint density at radius 2 is 1.83 bits per heavy atom. The van der Waals surface area contributed by atoms with E-state index < -0.39 is 6.10 Å². The average Bonchev–Trinajstić information content (AvgIpc) is 2.51. The van der Waals surface area contributed by atoms with Gasteiger partial charge in [0, 0.05) is 0 Å². The molecule has 122 valence electrons. The maximum atomic E-state index is 12.5. The lowest BCUT2D eigenvalue weighted by atomic mass is 10.1.